The van der Waals surface area contributed by atoms with Crippen LogP contribution in [0.5, 0.6) is 0 Å². The van der Waals surface area contributed by atoms with E-state index in [4.69, 9.17) is 0 Å². The number of carbonyl (C=O) groups is 1. The average Bonchev–Trinajstić information content (AvgIpc) is 2.69. The van der Waals surface area contributed by atoms with Gasteiger partial charge in [0.25, 0.3) is 11.5 Å². The lowest BCUT2D eigenvalue weighted by Gasteiger charge is -2.19. The molecular formula is C23H25N3O2. The Morgan fingerprint density at radius 2 is 1.71 bits per heavy atom. The molecule has 0 bridgehead atoms. The molecule has 0 atom stereocenters. The summed E-state index contributed by atoms with van der Waals surface area (Å²) in [5.41, 5.74) is 3.24. The topological polar surface area (TPSA) is 64.0 Å². The molecule has 3 aromatic rings. The monoisotopic (exact) mass is 375 g/mol. The third-order valence-corrected chi connectivity index (χ3v) is 4.60. The second kappa shape index (κ2) is 8.21. The third kappa shape index (κ3) is 4.74. The molecule has 1 amide bonds. The number of carbonyl (C=O) groups excluding carboxylic acids is 1. The van der Waals surface area contributed by atoms with E-state index in [9.17, 15) is 9.59 Å². The van der Waals surface area contributed by atoms with Gasteiger partial charge in [0.15, 0.2) is 0 Å². The van der Waals surface area contributed by atoms with Crippen LogP contribution in [-0.4, -0.2) is 22.0 Å². The van der Waals surface area contributed by atoms with Gasteiger partial charge in [-0.3, -0.25) is 14.2 Å². The molecule has 1 N–H and O–H groups in total. The number of hydrogen-bond donors (Lipinski definition) is 1. The second-order valence-electron chi connectivity index (χ2n) is 7.76. The molecule has 1 aromatic heterocycles. The van der Waals surface area contributed by atoms with Crippen molar-refractivity contribution >= 4 is 5.91 Å². The van der Waals surface area contributed by atoms with Crippen LogP contribution in [0.2, 0.25) is 0 Å². The largest absolute Gasteiger partial charge is 0.350 e. The summed E-state index contributed by atoms with van der Waals surface area (Å²) in [4.78, 5) is 29.0. The van der Waals surface area contributed by atoms with E-state index in [1.807, 2.05) is 54.6 Å². The Labute approximate surface area is 165 Å². The van der Waals surface area contributed by atoms with E-state index in [1.54, 1.807) is 0 Å². The van der Waals surface area contributed by atoms with Crippen molar-refractivity contribution in [3.63, 3.8) is 0 Å². The molecule has 3 rings (SSSR count). The van der Waals surface area contributed by atoms with Gasteiger partial charge in [0.2, 0.25) is 0 Å². The third-order valence-electron chi connectivity index (χ3n) is 4.60. The minimum atomic E-state index is -0.151. The standard InChI is InChI=1S/C23H25N3O2/c1-23(2,3)19-11-9-18(10-12-19)22(28)24-13-14-26-16-25-20(15-21(26)27)17-7-5-4-6-8-17/h4-12,15-16H,13-14H2,1-3H3,(H,24,28). The molecule has 5 heteroatoms. The fourth-order valence-electron chi connectivity index (χ4n) is 2.87. The lowest BCUT2D eigenvalue weighted by atomic mass is 9.87. The van der Waals surface area contributed by atoms with Crippen molar-refractivity contribution in [2.75, 3.05) is 6.54 Å². The average molecular weight is 375 g/mol. The molecule has 0 saturated carbocycles. The Bertz CT molecular complexity index is 1000. The maximum absolute atomic E-state index is 12.3. The van der Waals surface area contributed by atoms with Crippen LogP contribution >= 0.6 is 0 Å². The summed E-state index contributed by atoms with van der Waals surface area (Å²) < 4.78 is 1.50. The molecule has 5 nitrogen and oxygen atoms in total. The van der Waals surface area contributed by atoms with Crippen LogP contribution < -0.4 is 10.9 Å². The number of aromatic nitrogens is 2. The fraction of sp³-hybridized carbons (Fsp3) is 0.261. The van der Waals surface area contributed by atoms with Gasteiger partial charge >= 0.3 is 0 Å². The van der Waals surface area contributed by atoms with Crippen molar-refractivity contribution in [2.24, 2.45) is 0 Å². The van der Waals surface area contributed by atoms with Crippen LogP contribution in [0.25, 0.3) is 11.3 Å². The summed E-state index contributed by atoms with van der Waals surface area (Å²) in [7, 11) is 0. The first-order valence-corrected chi connectivity index (χ1v) is 9.35. The highest BCUT2D eigenvalue weighted by molar-refractivity contribution is 5.94. The van der Waals surface area contributed by atoms with Crippen molar-refractivity contribution in [1.82, 2.24) is 14.9 Å². The van der Waals surface area contributed by atoms with E-state index in [0.717, 1.165) is 5.56 Å². The van der Waals surface area contributed by atoms with Gasteiger partial charge in [-0.25, -0.2) is 4.98 Å². The van der Waals surface area contributed by atoms with Crippen molar-refractivity contribution in [1.29, 1.82) is 0 Å². The molecule has 2 aromatic carbocycles. The summed E-state index contributed by atoms with van der Waals surface area (Å²) in [6.07, 6.45) is 1.52. The summed E-state index contributed by atoms with van der Waals surface area (Å²) in [6.45, 7) is 7.13. The fourth-order valence-corrected chi connectivity index (χ4v) is 2.87. The Hall–Kier alpha value is -3.21. The molecule has 0 saturated heterocycles. The number of nitrogens with one attached hydrogen (secondary N) is 1. The molecule has 0 unspecified atom stereocenters. The smallest absolute Gasteiger partial charge is 0.253 e. The van der Waals surface area contributed by atoms with Crippen molar-refractivity contribution < 1.29 is 4.79 Å². The number of nitrogens with zero attached hydrogens (tertiary/aromatic N) is 2. The highest BCUT2D eigenvalue weighted by atomic mass is 16.1. The van der Waals surface area contributed by atoms with E-state index in [0.29, 0.717) is 24.3 Å². The van der Waals surface area contributed by atoms with Crippen molar-refractivity contribution in [3.8, 4) is 11.3 Å². The zero-order valence-corrected chi connectivity index (χ0v) is 16.5. The van der Waals surface area contributed by atoms with Crippen LogP contribution in [0, 0.1) is 0 Å². The second-order valence-corrected chi connectivity index (χ2v) is 7.76. The summed E-state index contributed by atoms with van der Waals surface area (Å²) in [5.74, 6) is -0.151. The zero-order valence-electron chi connectivity index (χ0n) is 16.5. The van der Waals surface area contributed by atoms with Gasteiger partial charge in [-0.05, 0) is 23.1 Å². The number of amides is 1. The predicted octanol–water partition coefficient (Wildman–Crippen LogP) is 3.64. The minimum Gasteiger partial charge on any atom is -0.350 e. The number of rotatable bonds is 5. The molecule has 28 heavy (non-hydrogen) atoms. The van der Waals surface area contributed by atoms with E-state index in [2.05, 4.69) is 31.1 Å². The maximum atomic E-state index is 12.3. The molecule has 144 valence electrons. The van der Waals surface area contributed by atoms with Crippen LogP contribution in [0.1, 0.15) is 36.7 Å². The first-order valence-electron chi connectivity index (χ1n) is 9.35. The first kappa shape index (κ1) is 19.5. The number of benzene rings is 2. The van der Waals surface area contributed by atoms with Crippen molar-refractivity contribution in [3.05, 3.63) is 88.5 Å². The van der Waals surface area contributed by atoms with E-state index >= 15 is 0 Å². The first-order chi connectivity index (χ1) is 13.3. The highest BCUT2D eigenvalue weighted by Gasteiger charge is 2.14. The predicted molar refractivity (Wildman–Crippen MR) is 111 cm³/mol. The highest BCUT2D eigenvalue weighted by Crippen LogP contribution is 2.22. The molecule has 0 aliphatic heterocycles. The van der Waals surface area contributed by atoms with E-state index in [1.165, 1.54) is 22.5 Å². The molecule has 0 fully saturated rings. The van der Waals surface area contributed by atoms with Gasteiger partial charge in [0.1, 0.15) is 0 Å². The minimum absolute atomic E-state index is 0.0507. The molecule has 0 aliphatic carbocycles. The zero-order chi connectivity index (χ0) is 20.1. The quantitative estimate of drug-likeness (QED) is 0.740. The normalized spacial score (nSPS) is 11.2. The SMILES string of the molecule is CC(C)(C)c1ccc(C(=O)NCCn2cnc(-c3ccccc3)cc2=O)cc1. The van der Waals surface area contributed by atoms with E-state index in [-0.39, 0.29) is 16.9 Å². The molecule has 0 radical (unpaired) electrons. The number of hydrogen-bond acceptors (Lipinski definition) is 3. The lowest BCUT2D eigenvalue weighted by molar-refractivity contribution is 0.0952. The Balaban J connectivity index is 1.59. The molecule has 0 spiro atoms. The van der Waals surface area contributed by atoms with Gasteiger partial charge < -0.3 is 5.32 Å². The molecular weight excluding hydrogens is 350 g/mol. The van der Waals surface area contributed by atoms with Crippen LogP contribution in [0.3, 0.4) is 0 Å². The van der Waals surface area contributed by atoms with Gasteiger partial charge in [-0.1, -0.05) is 63.2 Å². The van der Waals surface area contributed by atoms with Gasteiger partial charge in [0, 0.05) is 30.3 Å². The van der Waals surface area contributed by atoms with Crippen LogP contribution in [0.4, 0.5) is 0 Å². The summed E-state index contributed by atoms with van der Waals surface area (Å²) in [5, 5.41) is 2.85. The molecule has 0 aliphatic rings. The van der Waals surface area contributed by atoms with Crippen LogP contribution in [0.15, 0.2) is 71.8 Å². The summed E-state index contributed by atoms with van der Waals surface area (Å²) >= 11 is 0. The Morgan fingerprint density at radius 3 is 2.32 bits per heavy atom. The van der Waals surface area contributed by atoms with E-state index < -0.39 is 0 Å². The molecule has 1 heterocycles. The van der Waals surface area contributed by atoms with Crippen molar-refractivity contribution in [2.45, 2.75) is 32.7 Å². The Kier molecular flexibility index (Phi) is 5.73. The Morgan fingerprint density at radius 1 is 1.04 bits per heavy atom. The maximum Gasteiger partial charge on any atom is 0.253 e. The van der Waals surface area contributed by atoms with Gasteiger partial charge in [-0.15, -0.1) is 0 Å². The van der Waals surface area contributed by atoms with Gasteiger partial charge in [0.05, 0.1) is 12.0 Å². The summed E-state index contributed by atoms with van der Waals surface area (Å²) in [6, 6.07) is 18.7. The van der Waals surface area contributed by atoms with Crippen LogP contribution in [-0.2, 0) is 12.0 Å². The lowest BCUT2D eigenvalue weighted by Crippen LogP contribution is -2.30. The van der Waals surface area contributed by atoms with Gasteiger partial charge in [-0.2, -0.15) is 0 Å².